The van der Waals surface area contributed by atoms with Crippen LogP contribution in [-0.2, 0) is 0 Å². The summed E-state index contributed by atoms with van der Waals surface area (Å²) in [5, 5.41) is 52.7. The molecule has 3 aromatic heterocycles. The maximum atomic E-state index is 6.09. The normalized spacial score (nSPS) is 13.2. The Morgan fingerprint density at radius 3 is 0.508 bits per heavy atom. The number of nitrogens with zero attached hydrogens (tertiary/aromatic N) is 2. The molecule has 0 radical (unpaired) electrons. The molecule has 0 saturated carbocycles. The molecule has 2 aliphatic heterocycles. The Labute approximate surface area is 728 Å². The Morgan fingerprint density at radius 2 is 0.305 bits per heavy atom. The predicted molar refractivity (Wildman–Crippen MR) is 547 cm³/mol. The van der Waals surface area contributed by atoms with Crippen LogP contribution in [0.5, 0.6) is 0 Å². The minimum Gasteiger partial charge on any atom is -0.354 e. The van der Waals surface area contributed by atoms with Crippen molar-refractivity contribution in [3.63, 3.8) is 0 Å². The third-order valence-electron chi connectivity index (χ3n) is 30.7. The van der Waals surface area contributed by atoms with E-state index in [9.17, 15) is 0 Å². The summed E-state index contributed by atoms with van der Waals surface area (Å²) >= 11 is 0. The topological polar surface area (TPSA) is 57.4 Å². The van der Waals surface area contributed by atoms with E-state index in [0.717, 1.165) is 112 Å². The van der Waals surface area contributed by atoms with Crippen molar-refractivity contribution in [2.24, 2.45) is 0 Å². The Kier molecular flexibility index (Phi) is 11.8. The number of benzene rings is 24. The summed E-state index contributed by atoms with van der Waals surface area (Å²) in [4.78, 5) is 20.7. The van der Waals surface area contributed by atoms with Gasteiger partial charge in [-0.1, -0.05) is 267 Å². The lowest BCUT2D eigenvalue weighted by Crippen LogP contribution is -1.91. The van der Waals surface area contributed by atoms with E-state index in [1.807, 2.05) is 0 Å². The van der Waals surface area contributed by atoms with Gasteiger partial charge in [0.2, 0.25) is 0 Å². The second-order valence-corrected chi connectivity index (χ2v) is 36.8. The fourth-order valence-electron chi connectivity index (χ4n) is 25.4. The van der Waals surface area contributed by atoms with Crippen molar-refractivity contribution < 1.29 is 0 Å². The standard InChI is InChI=1S/C124H62N4/c1-5-73(89-57-81-33-29-65-17-13-61-21-25-69-37-41-85(89)121-113(69)105(61)109(65)117(81)121)53-77(9-1)101-93-45-47-95(125-93)102(78-10-2-6-74(54-78)90-58-82-34-30-66-18-14-62-22-26-70-38-42-86(90)122-114(70)106(62)110(66)118(82)122)97-49-51-99(127-97)104(80-12-4-8-76(56-80)92-60-84-36-32-68-20-16-64-24-28-72-40-44-88(92)124-116(72)108(64)112(68)120(84)124)100-52-50-98(128-100)103(96-48-46-94(101)126-96)79-11-3-7-75(55-79)91-59-83-35-31-67-19-15-63-23-27-71-39-43-87(91)123-115(71)107(63)111(67)119(83)123/h1-60,125,128H. The zero-order valence-electron chi connectivity index (χ0n) is 68.5. The van der Waals surface area contributed by atoms with Gasteiger partial charge in [-0.25, -0.2) is 9.97 Å². The molecule has 4 heteroatoms. The predicted octanol–water partition coefficient (Wildman–Crippen LogP) is 34.3. The Hall–Kier alpha value is -16.9. The van der Waals surface area contributed by atoms with Crippen molar-refractivity contribution in [2.75, 3.05) is 0 Å². The molecule has 5 heterocycles. The van der Waals surface area contributed by atoms with Gasteiger partial charge in [-0.15, -0.1) is 0 Å². The van der Waals surface area contributed by atoms with Crippen molar-refractivity contribution in [1.29, 1.82) is 0 Å². The molecule has 128 heavy (non-hydrogen) atoms. The van der Waals surface area contributed by atoms with E-state index >= 15 is 0 Å². The average Bonchev–Trinajstić information content (AvgIpc) is 1.56. The number of hydrogen-bond acceptors (Lipinski definition) is 2. The van der Waals surface area contributed by atoms with E-state index < -0.39 is 0 Å². The van der Waals surface area contributed by atoms with E-state index in [0.29, 0.717) is 0 Å². The fourth-order valence-corrected chi connectivity index (χ4v) is 25.4. The number of fused-ring (bicyclic) bond motifs is 8. The number of hydrogen-bond donors (Lipinski definition) is 2. The zero-order chi connectivity index (χ0) is 82.2. The highest BCUT2D eigenvalue weighted by Gasteiger charge is 2.31. The van der Waals surface area contributed by atoms with Crippen LogP contribution in [-0.4, -0.2) is 19.9 Å². The maximum Gasteiger partial charge on any atom is 0.0737 e. The third-order valence-corrected chi connectivity index (χ3v) is 30.7. The van der Waals surface area contributed by atoms with Crippen molar-refractivity contribution in [3.8, 4) is 89.0 Å². The van der Waals surface area contributed by atoms with Crippen molar-refractivity contribution in [2.45, 2.75) is 0 Å². The highest BCUT2D eigenvalue weighted by atomic mass is 14.8. The molecule has 0 unspecified atom stereocenters. The summed E-state index contributed by atoms with van der Waals surface area (Å²) in [7, 11) is 0. The summed E-state index contributed by atoms with van der Waals surface area (Å²) in [6, 6.07) is 131. The SMILES string of the molecule is C1=Cc2nc1c(-c1cccc(-c3cc4ccc5ccc6ccc7ccc3c3c7c6c5c43)c1)c1ccc([nH]1)c(-c1cccc(-c3cc4ccc5ccc6ccc7ccc3c3c7c6c5c43)c1)c1nc(c(-c3cccc(-c4cc5ccc6ccc7ccc8ccc4c4c8c7c6c54)c3)c3ccc([nH]3)c2-c2cccc(-c3cc4ccc5ccc6ccc7ccc3c3c7c6c5c43)c2)C=C1. The number of H-pyrrole nitrogens is 2. The Bertz CT molecular complexity index is 9260. The molecule has 0 atom stereocenters. The number of nitrogens with one attached hydrogen (secondary N) is 2. The minimum atomic E-state index is 0.849. The first kappa shape index (κ1) is 65.7. The fraction of sp³-hybridized carbons (Fsp3) is 0. The van der Waals surface area contributed by atoms with Gasteiger partial charge in [-0.2, -0.15) is 0 Å². The van der Waals surface area contributed by atoms with Crippen molar-refractivity contribution in [1.82, 2.24) is 19.9 Å². The van der Waals surface area contributed by atoms with Crippen LogP contribution in [0.25, 0.3) is 351 Å². The minimum absolute atomic E-state index is 0.849. The molecule has 2 aliphatic rings. The summed E-state index contributed by atoms with van der Waals surface area (Å²) in [5.74, 6) is 0. The van der Waals surface area contributed by atoms with Gasteiger partial charge >= 0.3 is 0 Å². The van der Waals surface area contributed by atoms with Gasteiger partial charge in [0, 0.05) is 44.3 Å². The van der Waals surface area contributed by atoms with Gasteiger partial charge in [-0.3, -0.25) is 0 Å². The van der Waals surface area contributed by atoms with Crippen LogP contribution < -0.4 is 0 Å². The third kappa shape index (κ3) is 8.16. The molecule has 2 N–H and O–H groups in total. The first-order chi connectivity index (χ1) is 63.4. The van der Waals surface area contributed by atoms with Crippen molar-refractivity contribution in [3.05, 3.63) is 362 Å². The highest BCUT2D eigenvalue weighted by Crippen LogP contribution is 2.58. The van der Waals surface area contributed by atoms with Gasteiger partial charge in [0.1, 0.15) is 0 Å². The molecule has 28 aromatic carbocycles. The van der Waals surface area contributed by atoms with Crippen LogP contribution in [0.2, 0.25) is 0 Å². The summed E-state index contributed by atoms with van der Waals surface area (Å²) in [6.07, 6.45) is 9.07. The van der Waals surface area contributed by atoms with Crippen LogP contribution in [0.1, 0.15) is 22.8 Å². The largest absolute Gasteiger partial charge is 0.354 e. The molecular weight excluding hydrogens is 1550 g/mol. The van der Waals surface area contributed by atoms with Gasteiger partial charge in [0.05, 0.1) is 22.8 Å². The Morgan fingerprint density at radius 1 is 0.141 bits per heavy atom. The van der Waals surface area contributed by atoms with Gasteiger partial charge < -0.3 is 9.97 Å². The first-order valence-corrected chi connectivity index (χ1v) is 44.7. The van der Waals surface area contributed by atoms with Crippen molar-refractivity contribution >= 4 is 262 Å². The second kappa shape index (κ2) is 22.9. The van der Waals surface area contributed by atoms with Crippen LogP contribution in [0.15, 0.2) is 340 Å². The zero-order valence-corrected chi connectivity index (χ0v) is 68.5. The van der Waals surface area contributed by atoms with Gasteiger partial charge in [-0.05, 0) is 379 Å². The second-order valence-electron chi connectivity index (χ2n) is 36.8. The van der Waals surface area contributed by atoms with E-state index in [1.165, 1.54) is 238 Å². The van der Waals surface area contributed by atoms with Crippen LogP contribution >= 0.6 is 0 Å². The summed E-state index contributed by atoms with van der Waals surface area (Å²) in [5.41, 5.74) is 24.6. The van der Waals surface area contributed by atoms with Gasteiger partial charge in [0.25, 0.3) is 0 Å². The number of rotatable bonds is 8. The molecule has 33 rings (SSSR count). The molecule has 8 bridgehead atoms. The molecule has 0 saturated heterocycles. The lowest BCUT2D eigenvalue weighted by molar-refractivity contribution is 1.31. The van der Waals surface area contributed by atoms with E-state index in [4.69, 9.17) is 9.97 Å². The molecule has 0 fully saturated rings. The highest BCUT2D eigenvalue weighted by molar-refractivity contribution is 6.50. The average molecular weight is 1610 g/mol. The first-order valence-electron chi connectivity index (χ1n) is 44.7. The summed E-state index contributed by atoms with van der Waals surface area (Å²) in [6.45, 7) is 0. The van der Waals surface area contributed by atoms with Gasteiger partial charge in [0.15, 0.2) is 0 Å². The number of aromatic amines is 2. The lowest BCUT2D eigenvalue weighted by Gasteiger charge is -2.14. The monoisotopic (exact) mass is 1610 g/mol. The lowest BCUT2D eigenvalue weighted by atomic mass is 9.90. The van der Waals surface area contributed by atoms with Crippen LogP contribution in [0, 0.1) is 0 Å². The van der Waals surface area contributed by atoms with Crippen LogP contribution in [0.3, 0.4) is 0 Å². The maximum absolute atomic E-state index is 6.09. The Balaban J connectivity index is 0.653. The molecule has 0 spiro atoms. The van der Waals surface area contributed by atoms with E-state index in [2.05, 4.69) is 374 Å². The molecule has 578 valence electrons. The van der Waals surface area contributed by atoms with E-state index in [1.54, 1.807) is 0 Å². The molecule has 0 aliphatic carbocycles. The number of aromatic nitrogens is 4. The molecular formula is C124H62N4. The smallest absolute Gasteiger partial charge is 0.0737 e. The quantitative estimate of drug-likeness (QED) is 0.149. The molecule has 0 amide bonds. The molecule has 31 aromatic rings. The molecule has 4 nitrogen and oxygen atoms in total. The van der Waals surface area contributed by atoms with Crippen LogP contribution in [0.4, 0.5) is 0 Å². The van der Waals surface area contributed by atoms with E-state index in [-0.39, 0.29) is 0 Å². The summed E-state index contributed by atoms with van der Waals surface area (Å²) < 4.78 is 0.